The van der Waals surface area contributed by atoms with Gasteiger partial charge in [0.2, 0.25) is 0 Å². The highest BCUT2D eigenvalue weighted by Gasteiger charge is 2.19. The Labute approximate surface area is 129 Å². The fraction of sp³-hybridized carbons (Fsp3) is 0.278. The number of nitrogens with zero attached hydrogens (tertiary/aromatic N) is 1. The number of pyridine rings is 1. The largest absolute Gasteiger partial charge is 0.306 e. The smallest absolute Gasteiger partial charge is 0.0753 e. The van der Waals surface area contributed by atoms with Crippen LogP contribution in [-0.4, -0.2) is 11.5 Å². The summed E-state index contributed by atoms with van der Waals surface area (Å²) in [7, 11) is 0. The third kappa shape index (κ3) is 2.71. The van der Waals surface area contributed by atoms with Gasteiger partial charge in [-0.1, -0.05) is 38.1 Å². The lowest BCUT2D eigenvalue weighted by molar-refractivity contribution is 0.638. The van der Waals surface area contributed by atoms with Crippen molar-refractivity contribution in [2.45, 2.75) is 26.3 Å². The number of aryl methyl sites for hydroxylation is 1. The minimum absolute atomic E-state index is 0.226. The number of nitrogens with one attached hydrogen (secondary N) is 1. The molecule has 2 nitrogen and oxygen atoms in total. The standard InChI is InChI=1S/C18H20N2S/c1-3-13-10-12-21-18(13)17(19-4-2)15-9-5-7-14-8-6-11-20-16(14)15/h5-12,17,19H,3-4H2,1-2H3. The highest BCUT2D eigenvalue weighted by Crippen LogP contribution is 2.33. The Morgan fingerprint density at radius 3 is 2.81 bits per heavy atom. The molecule has 2 heterocycles. The second kappa shape index (κ2) is 6.37. The van der Waals surface area contributed by atoms with E-state index in [1.165, 1.54) is 21.4 Å². The van der Waals surface area contributed by atoms with Crippen molar-refractivity contribution in [1.29, 1.82) is 0 Å². The van der Waals surface area contributed by atoms with Gasteiger partial charge in [0, 0.05) is 22.0 Å². The minimum Gasteiger partial charge on any atom is -0.306 e. The molecule has 0 saturated heterocycles. The van der Waals surface area contributed by atoms with Gasteiger partial charge in [0.1, 0.15) is 0 Å². The van der Waals surface area contributed by atoms with Gasteiger partial charge in [0.25, 0.3) is 0 Å². The van der Waals surface area contributed by atoms with Gasteiger partial charge >= 0.3 is 0 Å². The molecule has 21 heavy (non-hydrogen) atoms. The summed E-state index contributed by atoms with van der Waals surface area (Å²) in [5, 5.41) is 7.03. The number of fused-ring (bicyclic) bond motifs is 1. The third-order valence-electron chi connectivity index (χ3n) is 3.81. The van der Waals surface area contributed by atoms with Crippen LogP contribution in [-0.2, 0) is 6.42 Å². The average Bonchev–Trinajstić information content (AvgIpc) is 3.00. The van der Waals surface area contributed by atoms with Crippen molar-refractivity contribution in [3.63, 3.8) is 0 Å². The molecule has 1 unspecified atom stereocenters. The predicted octanol–water partition coefficient (Wildman–Crippen LogP) is 4.56. The molecule has 0 amide bonds. The molecule has 1 aromatic carbocycles. The highest BCUT2D eigenvalue weighted by atomic mass is 32.1. The maximum Gasteiger partial charge on any atom is 0.0753 e. The lowest BCUT2D eigenvalue weighted by Crippen LogP contribution is -2.22. The van der Waals surface area contributed by atoms with E-state index in [2.05, 4.69) is 59.9 Å². The monoisotopic (exact) mass is 296 g/mol. The molecule has 0 aliphatic heterocycles. The van der Waals surface area contributed by atoms with Gasteiger partial charge in [-0.2, -0.15) is 0 Å². The molecule has 0 saturated carbocycles. The van der Waals surface area contributed by atoms with Gasteiger partial charge in [-0.25, -0.2) is 0 Å². The van der Waals surface area contributed by atoms with Crippen LogP contribution in [0.1, 0.15) is 35.9 Å². The fourth-order valence-electron chi connectivity index (χ4n) is 2.80. The van der Waals surface area contributed by atoms with Gasteiger partial charge in [0.15, 0.2) is 0 Å². The molecule has 1 N–H and O–H groups in total. The summed E-state index contributed by atoms with van der Waals surface area (Å²) in [6, 6.07) is 13.0. The van der Waals surface area contributed by atoms with Crippen molar-refractivity contribution < 1.29 is 0 Å². The fourth-order valence-corrected chi connectivity index (χ4v) is 3.89. The first kappa shape index (κ1) is 14.2. The van der Waals surface area contributed by atoms with E-state index < -0.39 is 0 Å². The van der Waals surface area contributed by atoms with E-state index in [9.17, 15) is 0 Å². The Morgan fingerprint density at radius 2 is 2.00 bits per heavy atom. The number of aromatic nitrogens is 1. The number of hydrogen-bond acceptors (Lipinski definition) is 3. The molecule has 2 aromatic heterocycles. The Balaban J connectivity index is 2.16. The average molecular weight is 296 g/mol. The maximum absolute atomic E-state index is 4.61. The minimum atomic E-state index is 0.226. The van der Waals surface area contributed by atoms with Crippen molar-refractivity contribution in [3.8, 4) is 0 Å². The lowest BCUT2D eigenvalue weighted by atomic mass is 9.98. The van der Waals surface area contributed by atoms with E-state index in [1.807, 2.05) is 23.6 Å². The topological polar surface area (TPSA) is 24.9 Å². The zero-order valence-electron chi connectivity index (χ0n) is 12.5. The van der Waals surface area contributed by atoms with E-state index in [0.717, 1.165) is 18.5 Å². The van der Waals surface area contributed by atoms with Gasteiger partial charge in [-0.05, 0) is 36.0 Å². The van der Waals surface area contributed by atoms with Crippen molar-refractivity contribution in [1.82, 2.24) is 10.3 Å². The molecule has 0 radical (unpaired) electrons. The van der Waals surface area contributed by atoms with Gasteiger partial charge in [0.05, 0.1) is 11.6 Å². The van der Waals surface area contributed by atoms with Crippen molar-refractivity contribution in [2.24, 2.45) is 0 Å². The quantitative estimate of drug-likeness (QED) is 0.746. The van der Waals surface area contributed by atoms with Crippen molar-refractivity contribution in [2.75, 3.05) is 6.54 Å². The second-order valence-corrected chi connectivity index (χ2v) is 6.02. The predicted molar refractivity (Wildman–Crippen MR) is 91.0 cm³/mol. The number of thiophene rings is 1. The summed E-state index contributed by atoms with van der Waals surface area (Å²) < 4.78 is 0. The SMILES string of the molecule is CCNC(c1sccc1CC)c1cccc2cccnc12. The van der Waals surface area contributed by atoms with Crippen LogP contribution in [0.25, 0.3) is 10.9 Å². The van der Waals surface area contributed by atoms with E-state index in [0.29, 0.717) is 0 Å². The van der Waals surface area contributed by atoms with Crippen LogP contribution >= 0.6 is 11.3 Å². The van der Waals surface area contributed by atoms with E-state index >= 15 is 0 Å². The van der Waals surface area contributed by atoms with Gasteiger partial charge in [-0.15, -0.1) is 11.3 Å². The number of hydrogen-bond donors (Lipinski definition) is 1. The molecule has 1 atom stereocenters. The van der Waals surface area contributed by atoms with Crippen molar-refractivity contribution in [3.05, 3.63) is 64.0 Å². The molecule has 0 fully saturated rings. The van der Waals surface area contributed by atoms with Gasteiger partial charge < -0.3 is 5.32 Å². The molecule has 0 aliphatic rings. The Hall–Kier alpha value is -1.71. The first-order chi connectivity index (χ1) is 10.3. The molecular formula is C18H20N2S. The van der Waals surface area contributed by atoms with Crippen molar-refractivity contribution >= 4 is 22.2 Å². The van der Waals surface area contributed by atoms with Crippen LogP contribution in [0.2, 0.25) is 0 Å². The number of benzene rings is 1. The Kier molecular flexibility index (Phi) is 4.32. The summed E-state index contributed by atoms with van der Waals surface area (Å²) in [5.41, 5.74) is 3.80. The van der Waals surface area contributed by atoms with Crippen LogP contribution in [0.5, 0.6) is 0 Å². The summed E-state index contributed by atoms with van der Waals surface area (Å²) in [5.74, 6) is 0. The molecular weight excluding hydrogens is 276 g/mol. The molecule has 108 valence electrons. The normalized spacial score (nSPS) is 12.7. The molecule has 0 aliphatic carbocycles. The van der Waals surface area contributed by atoms with E-state index in [-0.39, 0.29) is 6.04 Å². The first-order valence-electron chi connectivity index (χ1n) is 7.48. The molecule has 3 rings (SSSR count). The Morgan fingerprint density at radius 1 is 1.14 bits per heavy atom. The zero-order valence-corrected chi connectivity index (χ0v) is 13.3. The molecule has 3 heteroatoms. The maximum atomic E-state index is 4.61. The van der Waals surface area contributed by atoms with Crippen LogP contribution in [0.4, 0.5) is 0 Å². The Bertz CT molecular complexity index is 727. The first-order valence-corrected chi connectivity index (χ1v) is 8.36. The molecule has 0 bridgehead atoms. The zero-order chi connectivity index (χ0) is 14.7. The molecule has 0 spiro atoms. The van der Waals surface area contributed by atoms with Gasteiger partial charge in [-0.3, -0.25) is 4.98 Å². The summed E-state index contributed by atoms with van der Waals surface area (Å²) in [6.45, 7) is 5.32. The van der Waals surface area contributed by atoms with Crippen LogP contribution < -0.4 is 5.32 Å². The van der Waals surface area contributed by atoms with Crippen LogP contribution in [0.15, 0.2) is 48.0 Å². The third-order valence-corrected chi connectivity index (χ3v) is 4.83. The lowest BCUT2D eigenvalue weighted by Gasteiger charge is -2.20. The highest BCUT2D eigenvalue weighted by molar-refractivity contribution is 7.10. The van der Waals surface area contributed by atoms with E-state index in [4.69, 9.17) is 0 Å². The second-order valence-electron chi connectivity index (χ2n) is 5.08. The molecule has 3 aromatic rings. The summed E-state index contributed by atoms with van der Waals surface area (Å²) >= 11 is 1.84. The van der Waals surface area contributed by atoms with Crippen LogP contribution in [0, 0.1) is 0 Å². The number of rotatable bonds is 5. The van der Waals surface area contributed by atoms with E-state index in [1.54, 1.807) is 0 Å². The summed E-state index contributed by atoms with van der Waals surface area (Å²) in [4.78, 5) is 6.03. The summed E-state index contributed by atoms with van der Waals surface area (Å²) in [6.07, 6.45) is 2.95. The van der Waals surface area contributed by atoms with Crippen LogP contribution in [0.3, 0.4) is 0 Å². The number of para-hydroxylation sites is 1.